The summed E-state index contributed by atoms with van der Waals surface area (Å²) in [5.41, 5.74) is -1.22. The van der Waals surface area contributed by atoms with E-state index in [1.807, 2.05) is 6.92 Å². The van der Waals surface area contributed by atoms with Crippen molar-refractivity contribution in [3.63, 3.8) is 0 Å². The van der Waals surface area contributed by atoms with Crippen LogP contribution in [0.5, 0.6) is 5.75 Å². The quantitative estimate of drug-likeness (QED) is 0.221. The summed E-state index contributed by atoms with van der Waals surface area (Å²) in [7, 11) is 0. The Morgan fingerprint density at radius 3 is 1.88 bits per heavy atom. The Hall–Kier alpha value is -3.92. The largest absolute Gasteiger partial charge is 0.493 e. The summed E-state index contributed by atoms with van der Waals surface area (Å²) in [6, 6.07) is 9.94. The van der Waals surface area contributed by atoms with Crippen LogP contribution in [0, 0.1) is 46.7 Å². The molecular formula is C27H16F6O. The predicted octanol–water partition coefficient (Wildman–Crippen LogP) is 7.53. The summed E-state index contributed by atoms with van der Waals surface area (Å²) < 4.78 is 90.3. The van der Waals surface area contributed by atoms with Crippen LogP contribution in [0.3, 0.4) is 0 Å². The molecule has 0 N–H and O–H groups in total. The Balaban J connectivity index is 1.68. The van der Waals surface area contributed by atoms with E-state index in [2.05, 4.69) is 11.8 Å². The number of hydrogen-bond donors (Lipinski definition) is 0. The molecule has 172 valence electrons. The van der Waals surface area contributed by atoms with Gasteiger partial charge in [0.15, 0.2) is 11.6 Å². The fraction of sp³-hybridized carbons (Fsp3) is 0.111. The Labute approximate surface area is 191 Å². The fourth-order valence-electron chi connectivity index (χ4n) is 3.42. The van der Waals surface area contributed by atoms with Gasteiger partial charge in [0.05, 0.1) is 17.7 Å². The van der Waals surface area contributed by atoms with Crippen LogP contribution in [0.2, 0.25) is 0 Å². The molecule has 0 saturated carbocycles. The summed E-state index contributed by atoms with van der Waals surface area (Å²) in [6.45, 7) is 2.09. The molecule has 0 radical (unpaired) electrons. The van der Waals surface area contributed by atoms with Gasteiger partial charge < -0.3 is 4.74 Å². The molecule has 0 amide bonds. The van der Waals surface area contributed by atoms with Gasteiger partial charge >= 0.3 is 0 Å². The minimum absolute atomic E-state index is 0.0259. The van der Waals surface area contributed by atoms with Crippen LogP contribution in [0.1, 0.15) is 24.5 Å². The zero-order chi connectivity index (χ0) is 24.4. The van der Waals surface area contributed by atoms with E-state index in [0.29, 0.717) is 22.8 Å². The van der Waals surface area contributed by atoms with Crippen molar-refractivity contribution >= 4 is 10.8 Å². The van der Waals surface area contributed by atoms with Crippen molar-refractivity contribution in [1.82, 2.24) is 0 Å². The molecule has 0 aliphatic rings. The lowest BCUT2D eigenvalue weighted by Crippen LogP contribution is -1.99. The number of ether oxygens (including phenoxy) is 1. The molecule has 4 aromatic carbocycles. The van der Waals surface area contributed by atoms with E-state index in [1.54, 1.807) is 0 Å². The Morgan fingerprint density at radius 2 is 1.26 bits per heavy atom. The van der Waals surface area contributed by atoms with Crippen LogP contribution in [-0.2, 0) is 0 Å². The lowest BCUT2D eigenvalue weighted by Gasteiger charge is -2.10. The molecule has 4 rings (SSSR count). The third-order valence-electron chi connectivity index (χ3n) is 5.03. The maximum Gasteiger partial charge on any atom is 0.159 e. The van der Waals surface area contributed by atoms with E-state index in [0.717, 1.165) is 36.4 Å². The van der Waals surface area contributed by atoms with E-state index < -0.39 is 46.0 Å². The van der Waals surface area contributed by atoms with Crippen LogP contribution in [0.4, 0.5) is 26.3 Å². The van der Waals surface area contributed by atoms with E-state index in [1.165, 1.54) is 18.2 Å². The molecule has 7 heteroatoms. The lowest BCUT2D eigenvalue weighted by molar-refractivity contribution is 0.314. The van der Waals surface area contributed by atoms with Gasteiger partial charge in [-0.2, -0.15) is 0 Å². The van der Waals surface area contributed by atoms with Crippen molar-refractivity contribution in [2.75, 3.05) is 6.61 Å². The highest BCUT2D eigenvalue weighted by Crippen LogP contribution is 2.32. The molecule has 0 atom stereocenters. The summed E-state index contributed by atoms with van der Waals surface area (Å²) in [4.78, 5) is 0. The minimum atomic E-state index is -1.11. The second-order valence-corrected chi connectivity index (χ2v) is 7.50. The van der Waals surface area contributed by atoms with Gasteiger partial charge in [-0.25, -0.2) is 26.3 Å². The number of fused-ring (bicyclic) bond motifs is 1. The highest BCUT2D eigenvalue weighted by Gasteiger charge is 2.18. The van der Waals surface area contributed by atoms with Crippen molar-refractivity contribution in [2.24, 2.45) is 0 Å². The van der Waals surface area contributed by atoms with Gasteiger partial charge in [0, 0.05) is 17.7 Å². The number of benzene rings is 4. The van der Waals surface area contributed by atoms with Gasteiger partial charge in [-0.15, -0.1) is 0 Å². The Kier molecular flexibility index (Phi) is 6.51. The van der Waals surface area contributed by atoms with Gasteiger partial charge in [-0.05, 0) is 59.2 Å². The molecule has 0 aromatic heterocycles. The molecule has 1 nitrogen and oxygen atoms in total. The molecule has 0 saturated heterocycles. The average molecular weight is 470 g/mol. The van der Waals surface area contributed by atoms with Crippen LogP contribution >= 0.6 is 0 Å². The maximum absolute atomic E-state index is 14.7. The summed E-state index contributed by atoms with van der Waals surface area (Å²) in [6.07, 6.45) is 0.637. The molecule has 0 bridgehead atoms. The first-order chi connectivity index (χ1) is 16.3. The van der Waals surface area contributed by atoms with Gasteiger partial charge in [0.2, 0.25) is 0 Å². The van der Waals surface area contributed by atoms with Crippen LogP contribution in [-0.4, -0.2) is 6.61 Å². The zero-order valence-electron chi connectivity index (χ0n) is 17.8. The van der Waals surface area contributed by atoms with Gasteiger partial charge in [-0.3, -0.25) is 0 Å². The first-order valence-electron chi connectivity index (χ1n) is 10.3. The second kappa shape index (κ2) is 9.52. The van der Waals surface area contributed by atoms with Gasteiger partial charge in [0.1, 0.15) is 29.0 Å². The van der Waals surface area contributed by atoms with Crippen molar-refractivity contribution in [3.05, 3.63) is 101 Å². The molecule has 0 spiro atoms. The normalized spacial score (nSPS) is 10.8. The lowest BCUT2D eigenvalue weighted by atomic mass is 10.0. The maximum atomic E-state index is 14.7. The van der Waals surface area contributed by atoms with Crippen LogP contribution < -0.4 is 4.74 Å². The van der Waals surface area contributed by atoms with Crippen molar-refractivity contribution < 1.29 is 31.1 Å². The third-order valence-corrected chi connectivity index (χ3v) is 5.03. The van der Waals surface area contributed by atoms with Crippen LogP contribution in [0.15, 0.2) is 54.6 Å². The van der Waals surface area contributed by atoms with Crippen molar-refractivity contribution in [2.45, 2.75) is 13.3 Å². The van der Waals surface area contributed by atoms with E-state index in [-0.39, 0.29) is 17.9 Å². The fourth-order valence-corrected chi connectivity index (χ4v) is 3.42. The monoisotopic (exact) mass is 470 g/mol. The SMILES string of the molecule is CCCOc1cc(F)c(-c2cc(F)c(C#Cc3ccc4cc(F)c(F)cc4c3)c(F)c2)c(F)c1. The smallest absolute Gasteiger partial charge is 0.159 e. The van der Waals surface area contributed by atoms with Gasteiger partial charge in [-0.1, -0.05) is 24.8 Å². The summed E-state index contributed by atoms with van der Waals surface area (Å²) in [5, 5.41) is 0.792. The topological polar surface area (TPSA) is 9.23 Å². The molecule has 4 aromatic rings. The molecule has 0 aliphatic heterocycles. The first kappa shape index (κ1) is 23.2. The average Bonchev–Trinajstić information content (AvgIpc) is 2.77. The Morgan fingerprint density at radius 1 is 0.647 bits per heavy atom. The molecule has 0 fully saturated rings. The number of halogens is 6. The second-order valence-electron chi connectivity index (χ2n) is 7.50. The predicted molar refractivity (Wildman–Crippen MR) is 117 cm³/mol. The molecule has 0 heterocycles. The van der Waals surface area contributed by atoms with E-state index in [4.69, 9.17) is 4.74 Å². The van der Waals surface area contributed by atoms with Crippen molar-refractivity contribution in [3.8, 4) is 28.7 Å². The third kappa shape index (κ3) is 4.72. The first-order valence-corrected chi connectivity index (χ1v) is 10.3. The molecule has 34 heavy (non-hydrogen) atoms. The highest BCUT2D eigenvalue weighted by molar-refractivity contribution is 5.84. The summed E-state index contributed by atoms with van der Waals surface area (Å²) >= 11 is 0. The zero-order valence-corrected chi connectivity index (χ0v) is 17.8. The molecule has 0 unspecified atom stereocenters. The Bertz CT molecular complexity index is 1420. The standard InChI is InChI=1S/C27H16F6O/c1-2-7-34-19-13-25(32)27(26(33)14-19)18-11-21(28)20(22(29)12-18)6-4-15-3-5-16-9-23(30)24(31)10-17(16)8-15/h3,5,8-14H,2,7H2,1H3. The number of rotatable bonds is 4. The number of hydrogen-bond acceptors (Lipinski definition) is 1. The molecular weight excluding hydrogens is 454 g/mol. The highest BCUT2D eigenvalue weighted by atomic mass is 19.2. The van der Waals surface area contributed by atoms with E-state index in [9.17, 15) is 26.3 Å². The van der Waals surface area contributed by atoms with Gasteiger partial charge in [0.25, 0.3) is 0 Å². The van der Waals surface area contributed by atoms with Crippen molar-refractivity contribution in [1.29, 1.82) is 0 Å². The van der Waals surface area contributed by atoms with Crippen LogP contribution in [0.25, 0.3) is 21.9 Å². The summed E-state index contributed by atoms with van der Waals surface area (Å²) in [5.74, 6) is -1.40. The minimum Gasteiger partial charge on any atom is -0.493 e. The van der Waals surface area contributed by atoms with E-state index >= 15 is 0 Å². The molecule has 0 aliphatic carbocycles.